The zero-order valence-corrected chi connectivity index (χ0v) is 9.27. The largest absolute Gasteiger partial charge is 0.391 e. The van der Waals surface area contributed by atoms with Crippen molar-refractivity contribution in [3.05, 3.63) is 10.1 Å². The maximum absolute atomic E-state index is 10.5. The number of aliphatic hydroxyl groups is 1. The van der Waals surface area contributed by atoms with Crippen LogP contribution >= 0.6 is 0 Å². The Morgan fingerprint density at radius 1 is 1.40 bits per heavy atom. The van der Waals surface area contributed by atoms with Gasteiger partial charge in [-0.2, -0.15) is 0 Å². The minimum atomic E-state index is -1.03. The van der Waals surface area contributed by atoms with Crippen molar-refractivity contribution in [2.24, 2.45) is 17.3 Å². The van der Waals surface area contributed by atoms with Gasteiger partial charge in [-0.3, -0.25) is 0 Å². The zero-order valence-electron chi connectivity index (χ0n) is 9.27. The summed E-state index contributed by atoms with van der Waals surface area (Å²) >= 11 is 0. The van der Waals surface area contributed by atoms with E-state index in [1.807, 2.05) is 0 Å². The molecule has 0 saturated heterocycles. The SMILES string of the molecule is CC1(C)C2CC(O)C(C)(O[N+](=O)[O-])C1C2. The van der Waals surface area contributed by atoms with E-state index in [2.05, 4.69) is 13.8 Å². The van der Waals surface area contributed by atoms with Gasteiger partial charge in [0, 0.05) is 0 Å². The minimum absolute atomic E-state index is 0.0456. The van der Waals surface area contributed by atoms with Crippen LogP contribution in [0.1, 0.15) is 33.6 Å². The van der Waals surface area contributed by atoms with Crippen molar-refractivity contribution in [3.8, 4) is 0 Å². The molecule has 3 aliphatic rings. The second-order valence-electron chi connectivity index (χ2n) is 5.56. The summed E-state index contributed by atoms with van der Waals surface area (Å²) in [4.78, 5) is 15.2. The Morgan fingerprint density at radius 3 is 2.47 bits per heavy atom. The first-order valence-corrected chi connectivity index (χ1v) is 5.30. The summed E-state index contributed by atoms with van der Waals surface area (Å²) in [5.41, 5.74) is -0.980. The Bertz CT molecular complexity index is 304. The molecule has 5 nitrogen and oxygen atoms in total. The first kappa shape index (κ1) is 10.7. The molecule has 1 N–H and O–H groups in total. The molecule has 0 amide bonds. The van der Waals surface area contributed by atoms with E-state index in [0.717, 1.165) is 6.42 Å². The van der Waals surface area contributed by atoms with Crippen molar-refractivity contribution >= 4 is 0 Å². The molecule has 0 spiro atoms. The van der Waals surface area contributed by atoms with Gasteiger partial charge >= 0.3 is 0 Å². The molecule has 4 atom stereocenters. The fraction of sp³-hybridized carbons (Fsp3) is 1.00. The molecule has 15 heavy (non-hydrogen) atoms. The molecule has 5 heteroatoms. The molecular weight excluding hydrogens is 198 g/mol. The Labute approximate surface area is 88.5 Å². The Hall–Kier alpha value is -0.840. The zero-order chi connectivity index (χ0) is 11.4. The molecule has 0 aromatic rings. The lowest BCUT2D eigenvalue weighted by Crippen LogP contribution is -2.67. The van der Waals surface area contributed by atoms with Crippen molar-refractivity contribution in [1.82, 2.24) is 0 Å². The monoisotopic (exact) mass is 215 g/mol. The maximum Gasteiger partial charge on any atom is 0.295 e. The highest BCUT2D eigenvalue weighted by Gasteiger charge is 2.65. The second-order valence-corrected chi connectivity index (χ2v) is 5.56. The third-order valence-electron chi connectivity index (χ3n) is 4.60. The third kappa shape index (κ3) is 1.25. The summed E-state index contributed by atoms with van der Waals surface area (Å²) in [5, 5.41) is 19.6. The molecular formula is C10H17NO4. The molecule has 0 aromatic carbocycles. The summed E-state index contributed by atoms with van der Waals surface area (Å²) in [6.45, 7) is 5.85. The highest BCUT2D eigenvalue weighted by Crippen LogP contribution is 2.63. The van der Waals surface area contributed by atoms with Crippen LogP contribution in [-0.4, -0.2) is 21.9 Å². The highest BCUT2D eigenvalue weighted by molar-refractivity contribution is 5.12. The summed E-state index contributed by atoms with van der Waals surface area (Å²) in [7, 11) is 0. The average molecular weight is 215 g/mol. The van der Waals surface area contributed by atoms with Crippen LogP contribution in [0.4, 0.5) is 0 Å². The highest BCUT2D eigenvalue weighted by atomic mass is 17.0. The van der Waals surface area contributed by atoms with Crippen LogP contribution < -0.4 is 0 Å². The van der Waals surface area contributed by atoms with Gasteiger partial charge in [0.2, 0.25) is 0 Å². The van der Waals surface area contributed by atoms with Crippen LogP contribution in [0.3, 0.4) is 0 Å². The Morgan fingerprint density at radius 2 is 2.00 bits per heavy atom. The van der Waals surface area contributed by atoms with Gasteiger partial charge in [0.25, 0.3) is 5.09 Å². The Kier molecular flexibility index (Phi) is 2.02. The normalized spacial score (nSPS) is 46.8. The number of rotatable bonds is 2. The van der Waals surface area contributed by atoms with Crippen molar-refractivity contribution in [2.75, 3.05) is 0 Å². The lowest BCUT2D eigenvalue weighted by Gasteiger charge is -2.64. The van der Waals surface area contributed by atoms with Crippen LogP contribution in [0, 0.1) is 27.4 Å². The lowest BCUT2D eigenvalue weighted by atomic mass is 9.43. The fourth-order valence-corrected chi connectivity index (χ4v) is 3.41. The van der Waals surface area contributed by atoms with Gasteiger partial charge in [0.15, 0.2) is 0 Å². The van der Waals surface area contributed by atoms with E-state index in [1.165, 1.54) is 0 Å². The van der Waals surface area contributed by atoms with Gasteiger partial charge in [-0.15, -0.1) is 10.1 Å². The van der Waals surface area contributed by atoms with E-state index in [-0.39, 0.29) is 11.3 Å². The molecule has 0 aliphatic heterocycles. The first-order chi connectivity index (χ1) is 6.78. The summed E-state index contributed by atoms with van der Waals surface area (Å²) in [6, 6.07) is 0. The van der Waals surface area contributed by atoms with Gasteiger partial charge in [-0.1, -0.05) is 13.8 Å². The van der Waals surface area contributed by atoms with E-state index in [4.69, 9.17) is 4.84 Å². The minimum Gasteiger partial charge on any atom is -0.391 e. The topological polar surface area (TPSA) is 72.6 Å². The van der Waals surface area contributed by atoms with Crippen LogP contribution in [0.25, 0.3) is 0 Å². The molecule has 3 saturated carbocycles. The van der Waals surface area contributed by atoms with Crippen molar-refractivity contribution in [2.45, 2.75) is 45.3 Å². The number of fused-ring (bicyclic) bond motifs is 2. The van der Waals surface area contributed by atoms with Gasteiger partial charge in [-0.05, 0) is 37.0 Å². The summed E-state index contributed by atoms with van der Waals surface area (Å²) < 4.78 is 0. The van der Waals surface area contributed by atoms with Crippen molar-refractivity contribution in [3.63, 3.8) is 0 Å². The van der Waals surface area contributed by atoms with Crippen molar-refractivity contribution < 1.29 is 15.0 Å². The van der Waals surface area contributed by atoms with Crippen LogP contribution in [-0.2, 0) is 4.84 Å². The molecule has 0 radical (unpaired) electrons. The maximum atomic E-state index is 10.5. The molecule has 2 bridgehead atoms. The molecule has 86 valence electrons. The number of aliphatic hydroxyl groups excluding tert-OH is 1. The predicted molar refractivity (Wildman–Crippen MR) is 52.5 cm³/mol. The van der Waals surface area contributed by atoms with Crippen LogP contribution in [0.15, 0.2) is 0 Å². The molecule has 3 fully saturated rings. The van der Waals surface area contributed by atoms with Gasteiger partial charge < -0.3 is 9.94 Å². The van der Waals surface area contributed by atoms with Gasteiger partial charge in [-0.25, -0.2) is 0 Å². The van der Waals surface area contributed by atoms with Gasteiger partial charge in [0.05, 0.1) is 6.10 Å². The smallest absolute Gasteiger partial charge is 0.295 e. The standard InChI is InChI=1S/C10H17NO4/c1-9(2)6-4-7(9)10(3,8(12)5-6)15-11(13)14/h6-8,12H,4-5H2,1-3H3. The average Bonchev–Trinajstić information content (AvgIpc) is 2.07. The third-order valence-corrected chi connectivity index (χ3v) is 4.60. The number of nitrogens with zero attached hydrogens (tertiary/aromatic N) is 1. The van der Waals surface area contributed by atoms with Crippen LogP contribution in [0.2, 0.25) is 0 Å². The molecule has 0 heterocycles. The summed E-state index contributed by atoms with van der Waals surface area (Å²) in [6.07, 6.45) is 0.807. The summed E-state index contributed by atoms with van der Waals surface area (Å²) in [5.74, 6) is 0.546. The quantitative estimate of drug-likeness (QED) is 0.558. The molecule has 3 aliphatic carbocycles. The van der Waals surface area contributed by atoms with E-state index in [1.54, 1.807) is 6.92 Å². The Balaban J connectivity index is 2.25. The van der Waals surface area contributed by atoms with E-state index in [0.29, 0.717) is 12.3 Å². The van der Waals surface area contributed by atoms with Crippen molar-refractivity contribution in [1.29, 1.82) is 0 Å². The van der Waals surface area contributed by atoms with E-state index >= 15 is 0 Å². The fourth-order valence-electron chi connectivity index (χ4n) is 3.41. The predicted octanol–water partition coefficient (Wildman–Crippen LogP) is 1.38. The molecule has 4 unspecified atom stereocenters. The van der Waals surface area contributed by atoms with E-state index in [9.17, 15) is 15.2 Å². The van der Waals surface area contributed by atoms with Gasteiger partial charge in [0.1, 0.15) is 5.60 Å². The number of hydrogen-bond acceptors (Lipinski definition) is 4. The molecule has 0 aromatic heterocycles. The second kappa shape index (κ2) is 2.84. The number of hydrogen-bond donors (Lipinski definition) is 1. The van der Waals surface area contributed by atoms with E-state index < -0.39 is 16.8 Å². The lowest BCUT2D eigenvalue weighted by molar-refractivity contribution is -0.789. The van der Waals surface area contributed by atoms with Crippen LogP contribution in [0.5, 0.6) is 0 Å². The first-order valence-electron chi connectivity index (χ1n) is 5.30. The molecule has 3 rings (SSSR count).